The molecule has 4 nitrogen and oxygen atoms in total. The van der Waals surface area contributed by atoms with Crippen molar-refractivity contribution < 1.29 is 9.84 Å². The van der Waals surface area contributed by atoms with E-state index < -0.39 is 0 Å². The average molecular weight is 296 g/mol. The van der Waals surface area contributed by atoms with Crippen LogP contribution in [0.4, 0.5) is 5.69 Å². The molecule has 2 aliphatic heterocycles. The van der Waals surface area contributed by atoms with E-state index in [1.54, 1.807) is 12.1 Å². The van der Waals surface area contributed by atoms with Crippen LogP contribution in [0.3, 0.4) is 0 Å². The first kappa shape index (κ1) is 13.6. The summed E-state index contributed by atoms with van der Waals surface area (Å²) < 4.78 is 6.02. The minimum absolute atomic E-state index is 0.199. The van der Waals surface area contributed by atoms with E-state index in [9.17, 15) is 5.11 Å². The minimum Gasteiger partial charge on any atom is -0.508 e. The third-order valence-corrected chi connectivity index (χ3v) is 4.50. The molecule has 2 bridgehead atoms. The van der Waals surface area contributed by atoms with E-state index in [1.807, 2.05) is 12.1 Å². The molecule has 4 heteroatoms. The van der Waals surface area contributed by atoms with E-state index in [4.69, 9.17) is 4.74 Å². The molecule has 0 spiro atoms. The van der Waals surface area contributed by atoms with Gasteiger partial charge in [0.15, 0.2) is 0 Å². The molecule has 2 fully saturated rings. The molecule has 2 unspecified atom stereocenters. The molecular weight excluding hydrogens is 276 g/mol. The lowest BCUT2D eigenvalue weighted by Gasteiger charge is -2.23. The van der Waals surface area contributed by atoms with Crippen LogP contribution in [0.2, 0.25) is 0 Å². The van der Waals surface area contributed by atoms with Crippen molar-refractivity contribution in [2.24, 2.45) is 0 Å². The molecular formula is C18H20N2O2. The molecule has 2 heterocycles. The number of fused-ring (bicyclic) bond motifs is 2. The number of nitrogens with one attached hydrogen (secondary N) is 2. The van der Waals surface area contributed by atoms with Crippen molar-refractivity contribution >= 4 is 5.69 Å². The van der Waals surface area contributed by atoms with Crippen molar-refractivity contribution in [2.45, 2.75) is 31.2 Å². The summed E-state index contributed by atoms with van der Waals surface area (Å²) in [4.78, 5) is 0. The second kappa shape index (κ2) is 5.63. The monoisotopic (exact) mass is 296 g/mol. The summed E-state index contributed by atoms with van der Waals surface area (Å²) in [5.41, 5.74) is 3.48. The SMILES string of the molecule is Oc1ccc(CNc2ccc(C3O[C@@H]4CNC3C4)cc2)cc1. The Balaban J connectivity index is 1.38. The van der Waals surface area contributed by atoms with Gasteiger partial charge in [0, 0.05) is 24.8 Å². The summed E-state index contributed by atoms with van der Waals surface area (Å²) >= 11 is 0. The molecule has 0 aliphatic carbocycles. The number of morpholine rings is 1. The fourth-order valence-electron chi connectivity index (χ4n) is 3.29. The smallest absolute Gasteiger partial charge is 0.115 e. The molecule has 3 N–H and O–H groups in total. The maximum absolute atomic E-state index is 9.28. The van der Waals surface area contributed by atoms with E-state index >= 15 is 0 Å². The fraction of sp³-hybridized carbons (Fsp3) is 0.333. The van der Waals surface area contributed by atoms with Gasteiger partial charge in [-0.3, -0.25) is 0 Å². The number of ether oxygens (including phenoxy) is 1. The summed E-state index contributed by atoms with van der Waals surface area (Å²) in [6, 6.07) is 16.2. The number of hydrogen-bond acceptors (Lipinski definition) is 4. The van der Waals surface area contributed by atoms with E-state index in [-0.39, 0.29) is 6.10 Å². The maximum atomic E-state index is 9.28. The largest absolute Gasteiger partial charge is 0.508 e. The average Bonchev–Trinajstić information content (AvgIpc) is 3.18. The number of phenols is 1. The zero-order chi connectivity index (χ0) is 14.9. The van der Waals surface area contributed by atoms with Crippen LogP contribution in [0.1, 0.15) is 23.7 Å². The predicted molar refractivity (Wildman–Crippen MR) is 85.9 cm³/mol. The van der Waals surface area contributed by atoms with Crippen LogP contribution in [-0.4, -0.2) is 23.8 Å². The van der Waals surface area contributed by atoms with Crippen LogP contribution in [0.25, 0.3) is 0 Å². The number of rotatable bonds is 4. The summed E-state index contributed by atoms with van der Waals surface area (Å²) in [6.45, 7) is 1.74. The van der Waals surface area contributed by atoms with Gasteiger partial charge >= 0.3 is 0 Å². The fourth-order valence-corrected chi connectivity index (χ4v) is 3.29. The number of aromatic hydroxyl groups is 1. The van der Waals surface area contributed by atoms with E-state index in [2.05, 4.69) is 34.9 Å². The second-order valence-electron chi connectivity index (χ2n) is 6.07. The number of hydrogen-bond donors (Lipinski definition) is 3. The third kappa shape index (κ3) is 2.67. The molecule has 22 heavy (non-hydrogen) atoms. The van der Waals surface area contributed by atoms with Gasteiger partial charge in [-0.1, -0.05) is 24.3 Å². The quantitative estimate of drug-likeness (QED) is 0.812. The first-order valence-electron chi connectivity index (χ1n) is 7.78. The Morgan fingerprint density at radius 1 is 1.09 bits per heavy atom. The number of anilines is 1. The van der Waals surface area contributed by atoms with Gasteiger partial charge in [-0.15, -0.1) is 0 Å². The van der Waals surface area contributed by atoms with Crippen molar-refractivity contribution in [3.8, 4) is 5.75 Å². The highest BCUT2D eigenvalue weighted by molar-refractivity contribution is 5.46. The Morgan fingerprint density at radius 2 is 1.86 bits per heavy atom. The van der Waals surface area contributed by atoms with Crippen LogP contribution in [0.5, 0.6) is 5.75 Å². The molecule has 3 atom stereocenters. The number of phenolic OH excluding ortho intramolecular Hbond substituents is 1. The summed E-state index contributed by atoms with van der Waals surface area (Å²) in [5.74, 6) is 0.299. The summed E-state index contributed by atoms with van der Waals surface area (Å²) in [5, 5.41) is 16.2. The molecule has 0 saturated carbocycles. The lowest BCUT2D eigenvalue weighted by atomic mass is 10.0. The van der Waals surface area contributed by atoms with Crippen LogP contribution in [-0.2, 0) is 11.3 Å². The van der Waals surface area contributed by atoms with Gasteiger partial charge < -0.3 is 20.5 Å². The molecule has 2 aromatic carbocycles. The Morgan fingerprint density at radius 3 is 2.50 bits per heavy atom. The van der Waals surface area contributed by atoms with Gasteiger partial charge in [0.05, 0.1) is 12.2 Å². The molecule has 0 aromatic heterocycles. The standard InChI is InChI=1S/C18H20N2O2/c21-15-7-1-12(2-8-15)10-19-14-5-3-13(4-6-14)18-17-9-16(22-18)11-20-17/h1-8,16-21H,9-11H2/t16-,17?,18?/m0/s1. The lowest BCUT2D eigenvalue weighted by molar-refractivity contribution is 0.0160. The van der Waals surface area contributed by atoms with E-state index in [1.165, 1.54) is 5.56 Å². The first-order valence-corrected chi connectivity index (χ1v) is 7.78. The highest BCUT2D eigenvalue weighted by Gasteiger charge is 2.41. The summed E-state index contributed by atoms with van der Waals surface area (Å²) in [7, 11) is 0. The molecule has 2 aliphatic rings. The van der Waals surface area contributed by atoms with E-state index in [0.717, 1.165) is 30.8 Å². The highest BCUT2D eigenvalue weighted by atomic mass is 16.5. The molecule has 2 saturated heterocycles. The molecule has 114 valence electrons. The van der Waals surface area contributed by atoms with Gasteiger partial charge in [-0.05, 0) is 41.8 Å². The zero-order valence-corrected chi connectivity index (χ0v) is 12.3. The Kier molecular flexibility index (Phi) is 3.48. The Bertz CT molecular complexity index is 639. The van der Waals surface area contributed by atoms with Crippen LogP contribution >= 0.6 is 0 Å². The van der Waals surface area contributed by atoms with Crippen molar-refractivity contribution in [3.05, 3.63) is 59.7 Å². The first-order chi connectivity index (χ1) is 10.8. The third-order valence-electron chi connectivity index (χ3n) is 4.50. The van der Waals surface area contributed by atoms with Gasteiger partial charge in [0.2, 0.25) is 0 Å². The lowest BCUT2D eigenvalue weighted by Crippen LogP contribution is -2.33. The van der Waals surface area contributed by atoms with Crippen molar-refractivity contribution in [1.82, 2.24) is 5.32 Å². The minimum atomic E-state index is 0.199. The van der Waals surface area contributed by atoms with E-state index in [0.29, 0.717) is 17.9 Å². The normalized spacial score (nSPS) is 26.3. The van der Waals surface area contributed by atoms with Gasteiger partial charge in [0.25, 0.3) is 0 Å². The van der Waals surface area contributed by atoms with Gasteiger partial charge in [0.1, 0.15) is 5.75 Å². The summed E-state index contributed by atoms with van der Waals surface area (Å²) in [6.07, 6.45) is 1.72. The topological polar surface area (TPSA) is 53.5 Å². The zero-order valence-electron chi connectivity index (χ0n) is 12.3. The molecule has 4 rings (SSSR count). The van der Waals surface area contributed by atoms with Crippen LogP contribution in [0.15, 0.2) is 48.5 Å². The van der Waals surface area contributed by atoms with Crippen LogP contribution < -0.4 is 10.6 Å². The molecule has 0 amide bonds. The van der Waals surface area contributed by atoms with Crippen LogP contribution in [0, 0.1) is 0 Å². The second-order valence-corrected chi connectivity index (χ2v) is 6.07. The Hall–Kier alpha value is -2.04. The van der Waals surface area contributed by atoms with Gasteiger partial charge in [-0.2, -0.15) is 0 Å². The van der Waals surface area contributed by atoms with Crippen molar-refractivity contribution in [2.75, 3.05) is 11.9 Å². The molecule has 2 aromatic rings. The van der Waals surface area contributed by atoms with Gasteiger partial charge in [-0.25, -0.2) is 0 Å². The molecule has 0 radical (unpaired) electrons. The predicted octanol–water partition coefficient (Wildman–Crippen LogP) is 2.81. The maximum Gasteiger partial charge on any atom is 0.115 e. The Labute approximate surface area is 130 Å². The highest BCUT2D eigenvalue weighted by Crippen LogP contribution is 2.37. The number of benzene rings is 2. The van der Waals surface area contributed by atoms with Crippen molar-refractivity contribution in [3.63, 3.8) is 0 Å². The van der Waals surface area contributed by atoms with Crippen molar-refractivity contribution in [1.29, 1.82) is 0 Å².